The van der Waals surface area contributed by atoms with Crippen molar-refractivity contribution in [3.8, 4) is 0 Å². The van der Waals surface area contributed by atoms with E-state index in [9.17, 15) is 43.2 Å². The van der Waals surface area contributed by atoms with Crippen LogP contribution in [0.4, 0.5) is 26.3 Å². The van der Waals surface area contributed by atoms with Gasteiger partial charge in [0, 0.05) is 0 Å². The van der Waals surface area contributed by atoms with Crippen LogP contribution in [0.5, 0.6) is 0 Å². The minimum absolute atomic E-state index is 0.177. The summed E-state index contributed by atoms with van der Waals surface area (Å²) in [6, 6.07) is 0. The second-order valence-electron chi connectivity index (χ2n) is 6.65. The maximum Gasteiger partial charge on any atom is 0.513 e. The Morgan fingerprint density at radius 1 is 0.750 bits per heavy atom. The van der Waals surface area contributed by atoms with E-state index in [2.05, 4.69) is 0 Å². The molecule has 1 heterocycles. The third kappa shape index (κ3) is 5.48. The van der Waals surface area contributed by atoms with E-state index in [0.717, 1.165) is 19.3 Å². The quantitative estimate of drug-likeness (QED) is 0.330. The minimum atomic E-state index is -6.71. The Kier molecular flexibility index (Phi) is 8.57. The molecule has 14 heteroatoms. The molecule has 0 aliphatic carbocycles. The monoisotopic (exact) mass is 481 g/mol. The Bertz CT molecular complexity index is 668. The molecule has 170 valence electrons. The third-order valence-electron chi connectivity index (χ3n) is 4.47. The first-order valence-corrected chi connectivity index (χ1v) is 13.8. The molecule has 0 aromatic carbocycles. The van der Waals surface area contributed by atoms with Crippen molar-refractivity contribution in [2.24, 2.45) is 0 Å². The lowest BCUT2D eigenvalue weighted by atomic mass is 10.1. The highest BCUT2D eigenvalue weighted by atomic mass is 32.4. The van der Waals surface area contributed by atoms with Gasteiger partial charge in [0.15, 0.2) is 0 Å². The molecule has 0 unspecified atom stereocenters. The van der Waals surface area contributed by atoms with Crippen molar-refractivity contribution in [1.82, 2.24) is 3.12 Å². The molecule has 0 N–H and O–H groups in total. The molecular formula is C14H25F6NO4S3. The van der Waals surface area contributed by atoms with Gasteiger partial charge in [-0.1, -0.05) is 39.0 Å². The van der Waals surface area contributed by atoms with E-state index < -0.39 is 44.4 Å². The second-order valence-corrected chi connectivity index (χ2v) is 14.5. The van der Waals surface area contributed by atoms with Crippen LogP contribution in [0.25, 0.3) is 0 Å². The summed E-state index contributed by atoms with van der Waals surface area (Å²) in [5.41, 5.74) is -12.3. The topological polar surface area (TPSA) is 71.5 Å². The van der Waals surface area contributed by atoms with E-state index in [4.69, 9.17) is 0 Å². The van der Waals surface area contributed by atoms with Gasteiger partial charge in [-0.05, 0) is 39.6 Å². The summed E-state index contributed by atoms with van der Waals surface area (Å²) in [5, 5.41) is 0. The Labute approximate surface area is 163 Å². The molecule has 1 aliphatic rings. The van der Waals surface area contributed by atoms with Crippen LogP contribution in [-0.2, 0) is 20.0 Å². The van der Waals surface area contributed by atoms with Crippen molar-refractivity contribution in [2.45, 2.75) is 69.3 Å². The van der Waals surface area contributed by atoms with Gasteiger partial charge < -0.3 is 0 Å². The first kappa shape index (κ1) is 25.8. The first-order chi connectivity index (χ1) is 12.6. The van der Waals surface area contributed by atoms with Gasteiger partial charge in [0.25, 0.3) is 0 Å². The lowest BCUT2D eigenvalue weighted by molar-refractivity contribution is -0.0505. The Morgan fingerprint density at radius 2 is 1.14 bits per heavy atom. The fraction of sp³-hybridized carbons (Fsp3) is 1.00. The van der Waals surface area contributed by atoms with Crippen LogP contribution in [-0.4, -0.2) is 48.2 Å². The molecule has 0 saturated carbocycles. The molecule has 0 aromatic heterocycles. The molecule has 1 aliphatic heterocycles. The van der Waals surface area contributed by atoms with Crippen molar-refractivity contribution in [3.63, 3.8) is 0 Å². The zero-order valence-electron chi connectivity index (χ0n) is 15.4. The smallest absolute Gasteiger partial charge is 0.201 e. The molecule has 0 amide bonds. The predicted octanol–water partition coefficient (Wildman–Crippen LogP) is 4.86. The molecule has 5 nitrogen and oxygen atoms in total. The fourth-order valence-electron chi connectivity index (χ4n) is 3.14. The lowest BCUT2D eigenvalue weighted by Gasteiger charge is -2.44. The predicted molar refractivity (Wildman–Crippen MR) is 96.6 cm³/mol. The maximum atomic E-state index is 13.1. The maximum absolute atomic E-state index is 13.1. The SMILES string of the molecule is CCCCCCCCS1(N(S(=O)(=O)C(F)(F)F)S(=O)(=O)C(F)(F)F)CCCC1. The van der Waals surface area contributed by atoms with E-state index >= 15 is 0 Å². The molecule has 0 radical (unpaired) electrons. The Balaban J connectivity index is 3.32. The zero-order chi connectivity index (χ0) is 21.9. The van der Waals surface area contributed by atoms with E-state index in [-0.39, 0.29) is 36.5 Å². The molecule has 0 bridgehead atoms. The van der Waals surface area contributed by atoms with Crippen molar-refractivity contribution < 1.29 is 43.2 Å². The molecular weight excluding hydrogens is 456 g/mol. The van der Waals surface area contributed by atoms with Crippen LogP contribution < -0.4 is 0 Å². The highest BCUT2D eigenvalue weighted by molar-refractivity contribution is 8.41. The molecule has 1 rings (SSSR count). The second kappa shape index (κ2) is 9.29. The summed E-state index contributed by atoms with van der Waals surface area (Å²) in [5.74, 6) is -0.858. The van der Waals surface area contributed by atoms with Gasteiger partial charge in [0.05, 0.1) is 0 Å². The van der Waals surface area contributed by atoms with Crippen LogP contribution in [0, 0.1) is 0 Å². The molecule has 0 atom stereocenters. The van der Waals surface area contributed by atoms with Crippen molar-refractivity contribution in [2.75, 3.05) is 17.3 Å². The van der Waals surface area contributed by atoms with Gasteiger partial charge in [-0.15, -0.1) is 0 Å². The number of nitrogens with zero attached hydrogens (tertiary/aromatic N) is 1. The van der Waals surface area contributed by atoms with Crippen LogP contribution >= 0.6 is 10.2 Å². The van der Waals surface area contributed by atoms with Gasteiger partial charge in [-0.25, -0.2) is 16.8 Å². The number of unbranched alkanes of at least 4 members (excludes halogenated alkanes) is 5. The van der Waals surface area contributed by atoms with Gasteiger partial charge in [0.2, 0.25) is 0 Å². The number of halogens is 6. The third-order valence-corrected chi connectivity index (χ3v) is 14.5. The van der Waals surface area contributed by atoms with Gasteiger partial charge in [0.1, 0.15) is 0 Å². The van der Waals surface area contributed by atoms with E-state index in [1.807, 2.05) is 6.92 Å². The number of rotatable bonds is 10. The highest BCUT2D eigenvalue weighted by Gasteiger charge is 2.66. The number of sulfonamides is 2. The van der Waals surface area contributed by atoms with Crippen LogP contribution in [0.3, 0.4) is 0 Å². The van der Waals surface area contributed by atoms with E-state index in [0.29, 0.717) is 12.8 Å². The summed E-state index contributed by atoms with van der Waals surface area (Å²) in [7, 11) is -16.8. The zero-order valence-corrected chi connectivity index (χ0v) is 17.8. The number of hydrogen-bond acceptors (Lipinski definition) is 4. The van der Waals surface area contributed by atoms with Gasteiger partial charge in [-0.2, -0.15) is 36.6 Å². The van der Waals surface area contributed by atoms with Crippen LogP contribution in [0.1, 0.15) is 58.3 Å². The average molecular weight is 482 g/mol. The number of hydrogen-bond donors (Lipinski definition) is 0. The molecule has 1 saturated heterocycles. The summed E-state index contributed by atoms with van der Waals surface area (Å²) in [6.07, 6.45) is 4.43. The fourth-order valence-corrected chi connectivity index (χ4v) is 13.5. The standard InChI is InChI=1S/C14H25F6NO4S3/c1-2-3-4-5-6-7-10-26(11-8-9-12-26)21(27(22,23)13(15,16)17)28(24,25)14(18,19)20/h2-12H2,1H3. The molecule has 0 spiro atoms. The van der Waals surface area contributed by atoms with E-state index in [1.165, 1.54) is 0 Å². The van der Waals surface area contributed by atoms with Crippen molar-refractivity contribution in [1.29, 1.82) is 0 Å². The normalized spacial score (nSPS) is 19.9. The largest absolute Gasteiger partial charge is 0.513 e. The molecule has 0 aromatic rings. The molecule has 1 fully saturated rings. The summed E-state index contributed by atoms with van der Waals surface area (Å²) >= 11 is 0. The Hall–Kier alpha value is -0.210. The summed E-state index contributed by atoms with van der Waals surface area (Å²) in [4.78, 5) is 0. The lowest BCUT2D eigenvalue weighted by Crippen LogP contribution is -2.51. The first-order valence-electron chi connectivity index (χ1n) is 8.83. The summed E-state index contributed by atoms with van der Waals surface area (Å²) < 4.78 is 125. The van der Waals surface area contributed by atoms with Crippen molar-refractivity contribution in [3.05, 3.63) is 0 Å². The van der Waals surface area contributed by atoms with E-state index in [1.54, 1.807) is 0 Å². The minimum Gasteiger partial charge on any atom is -0.201 e. The Morgan fingerprint density at radius 3 is 1.54 bits per heavy atom. The van der Waals surface area contributed by atoms with Crippen molar-refractivity contribution >= 4 is 30.3 Å². The van der Waals surface area contributed by atoms with Crippen LogP contribution in [0.15, 0.2) is 0 Å². The van der Waals surface area contributed by atoms with Gasteiger partial charge in [-0.3, -0.25) is 0 Å². The number of alkyl halides is 6. The van der Waals surface area contributed by atoms with Crippen LogP contribution in [0.2, 0.25) is 0 Å². The highest BCUT2D eigenvalue weighted by Crippen LogP contribution is 2.63. The average Bonchev–Trinajstić information content (AvgIpc) is 2.97. The van der Waals surface area contributed by atoms with Gasteiger partial charge >= 0.3 is 31.1 Å². The summed E-state index contributed by atoms with van der Waals surface area (Å²) in [6.45, 7) is 1.97. The molecule has 28 heavy (non-hydrogen) atoms.